The van der Waals surface area contributed by atoms with E-state index in [1.165, 1.54) is 64.2 Å². The zero-order chi connectivity index (χ0) is 46.7. The SMILES string of the molecule is Cc1c(C(=O)C(N)=O)c2c(OCC(=O)OC(C)(C)C)cccc2n1CCCCCCCCCCCCOc1ccccc1OCCCCCCCCCCCC(=O)OCc1ccccc1. The highest BCUT2D eigenvalue weighted by molar-refractivity contribution is 6.45. The van der Waals surface area contributed by atoms with Crippen molar-refractivity contribution in [1.29, 1.82) is 0 Å². The van der Waals surface area contributed by atoms with E-state index in [0.29, 0.717) is 49.6 Å². The minimum absolute atomic E-state index is 0.104. The Kier molecular flexibility index (Phi) is 23.5. The van der Waals surface area contributed by atoms with Gasteiger partial charge in [0.2, 0.25) is 0 Å². The Hall–Kier alpha value is -5.32. The van der Waals surface area contributed by atoms with Gasteiger partial charge in [-0.25, -0.2) is 4.79 Å². The summed E-state index contributed by atoms with van der Waals surface area (Å²) in [6.07, 6.45) is 22.0. The second-order valence-electron chi connectivity index (χ2n) is 18.1. The lowest BCUT2D eigenvalue weighted by Gasteiger charge is -2.19. The summed E-state index contributed by atoms with van der Waals surface area (Å²) in [6.45, 7) is 9.28. The van der Waals surface area contributed by atoms with Gasteiger partial charge in [-0.2, -0.15) is 0 Å². The molecule has 0 spiro atoms. The summed E-state index contributed by atoms with van der Waals surface area (Å²) in [7, 11) is 0. The lowest BCUT2D eigenvalue weighted by atomic mass is 10.1. The van der Waals surface area contributed by atoms with Gasteiger partial charge in [0.15, 0.2) is 18.1 Å². The third-order valence-corrected chi connectivity index (χ3v) is 11.4. The highest BCUT2D eigenvalue weighted by Crippen LogP contribution is 2.35. The van der Waals surface area contributed by atoms with Crippen LogP contribution in [0.25, 0.3) is 10.9 Å². The zero-order valence-electron chi connectivity index (χ0n) is 39.8. The second-order valence-corrected chi connectivity index (χ2v) is 18.1. The van der Waals surface area contributed by atoms with Crippen LogP contribution in [0, 0.1) is 6.92 Å². The van der Waals surface area contributed by atoms with E-state index < -0.39 is 23.3 Å². The van der Waals surface area contributed by atoms with Crippen molar-refractivity contribution in [3.05, 3.63) is 89.6 Å². The number of Topliss-reactive ketones (excluding diaryl/α,β-unsaturated/α-hetero) is 1. The van der Waals surface area contributed by atoms with E-state index in [1.54, 1.807) is 26.8 Å². The lowest BCUT2D eigenvalue weighted by Crippen LogP contribution is -2.27. The van der Waals surface area contributed by atoms with Crippen LogP contribution in [0.3, 0.4) is 0 Å². The van der Waals surface area contributed by atoms with Gasteiger partial charge in [-0.05, 0) is 83.2 Å². The summed E-state index contributed by atoms with van der Waals surface area (Å²) in [5.74, 6) is -0.445. The number of fused-ring (bicyclic) bond motifs is 1. The van der Waals surface area contributed by atoms with Gasteiger partial charge in [-0.3, -0.25) is 14.4 Å². The molecule has 0 fully saturated rings. The lowest BCUT2D eigenvalue weighted by molar-refractivity contribution is -0.157. The number of ether oxygens (including phenoxy) is 5. The van der Waals surface area contributed by atoms with Gasteiger partial charge >= 0.3 is 11.9 Å². The summed E-state index contributed by atoms with van der Waals surface area (Å²) >= 11 is 0. The molecular formula is C54H76N2O9. The third kappa shape index (κ3) is 19.8. The molecule has 0 bridgehead atoms. The maximum Gasteiger partial charge on any atom is 0.344 e. The molecule has 0 saturated carbocycles. The Labute approximate surface area is 388 Å². The van der Waals surface area contributed by atoms with Crippen LogP contribution in [0.2, 0.25) is 0 Å². The molecule has 0 unspecified atom stereocenters. The number of hydrogen-bond acceptors (Lipinski definition) is 9. The van der Waals surface area contributed by atoms with E-state index in [2.05, 4.69) is 4.57 Å². The Morgan fingerprint density at radius 2 is 1.05 bits per heavy atom. The highest BCUT2D eigenvalue weighted by atomic mass is 16.6. The number of rotatable bonds is 34. The number of carbonyl (C=O) groups excluding carboxylic acids is 4. The highest BCUT2D eigenvalue weighted by Gasteiger charge is 2.26. The van der Waals surface area contributed by atoms with Crippen LogP contribution < -0.4 is 19.9 Å². The van der Waals surface area contributed by atoms with Crippen molar-refractivity contribution in [1.82, 2.24) is 4.57 Å². The van der Waals surface area contributed by atoms with Gasteiger partial charge in [-0.1, -0.05) is 145 Å². The van der Waals surface area contributed by atoms with Crippen LogP contribution in [0.1, 0.15) is 171 Å². The fourth-order valence-electron chi connectivity index (χ4n) is 8.07. The number of hydrogen-bond donors (Lipinski definition) is 1. The van der Waals surface area contributed by atoms with E-state index >= 15 is 0 Å². The molecule has 1 heterocycles. The maximum atomic E-state index is 13.0. The monoisotopic (exact) mass is 897 g/mol. The Balaban J connectivity index is 0.995. The average Bonchev–Trinajstić information content (AvgIpc) is 3.57. The Bertz CT molecular complexity index is 2030. The van der Waals surface area contributed by atoms with Crippen LogP contribution in [-0.4, -0.2) is 53.6 Å². The second kappa shape index (κ2) is 29.3. The number of benzene rings is 3. The van der Waals surface area contributed by atoms with Gasteiger partial charge in [-0.15, -0.1) is 0 Å². The molecule has 356 valence electrons. The van der Waals surface area contributed by atoms with Crippen LogP contribution in [-0.2, 0) is 37.0 Å². The number of esters is 2. The van der Waals surface area contributed by atoms with E-state index in [9.17, 15) is 19.2 Å². The number of aromatic nitrogens is 1. The number of nitrogens with zero attached hydrogens (tertiary/aromatic N) is 1. The summed E-state index contributed by atoms with van der Waals surface area (Å²) in [6, 6.07) is 23.2. The van der Waals surface area contributed by atoms with E-state index in [0.717, 1.165) is 80.4 Å². The van der Waals surface area contributed by atoms with Crippen molar-refractivity contribution in [2.75, 3.05) is 19.8 Å². The van der Waals surface area contributed by atoms with Crippen molar-refractivity contribution < 1.29 is 42.9 Å². The van der Waals surface area contributed by atoms with Crippen molar-refractivity contribution in [2.45, 2.75) is 175 Å². The molecule has 4 rings (SSSR count). The molecule has 0 aliphatic carbocycles. The topological polar surface area (TPSA) is 145 Å². The first-order valence-corrected chi connectivity index (χ1v) is 24.3. The Morgan fingerprint density at radius 3 is 1.58 bits per heavy atom. The number of carbonyl (C=O) groups is 4. The quantitative estimate of drug-likeness (QED) is 0.0209. The minimum atomic E-state index is -1.03. The Morgan fingerprint density at radius 1 is 0.554 bits per heavy atom. The first-order chi connectivity index (χ1) is 31.4. The molecule has 11 heteroatoms. The number of nitrogens with two attached hydrogens (primary N) is 1. The van der Waals surface area contributed by atoms with Crippen molar-refractivity contribution >= 4 is 34.5 Å². The number of para-hydroxylation sites is 2. The predicted molar refractivity (Wildman–Crippen MR) is 258 cm³/mol. The van der Waals surface area contributed by atoms with Crippen molar-refractivity contribution in [3.63, 3.8) is 0 Å². The fourth-order valence-corrected chi connectivity index (χ4v) is 8.07. The van der Waals surface area contributed by atoms with Crippen LogP contribution >= 0.6 is 0 Å². The maximum absolute atomic E-state index is 13.0. The molecule has 0 radical (unpaired) electrons. The molecule has 1 amide bonds. The molecule has 0 saturated heterocycles. The van der Waals surface area contributed by atoms with E-state index in [-0.39, 0.29) is 18.1 Å². The first kappa shape index (κ1) is 52.3. The molecule has 0 aliphatic rings. The molecule has 1 aromatic heterocycles. The molecule has 4 aromatic rings. The van der Waals surface area contributed by atoms with E-state index in [1.807, 2.05) is 73.7 Å². The van der Waals surface area contributed by atoms with Gasteiger partial charge in [0.1, 0.15) is 18.0 Å². The number of amides is 1. The normalized spacial score (nSPS) is 11.4. The number of unbranched alkanes of at least 4 members (excludes halogenated alkanes) is 17. The number of primary amides is 1. The molecular weight excluding hydrogens is 821 g/mol. The fraction of sp³-hybridized carbons (Fsp3) is 0.556. The largest absolute Gasteiger partial charge is 0.490 e. The van der Waals surface area contributed by atoms with Crippen molar-refractivity contribution in [3.8, 4) is 17.2 Å². The van der Waals surface area contributed by atoms with Gasteiger partial charge in [0.25, 0.3) is 11.7 Å². The predicted octanol–water partition coefficient (Wildman–Crippen LogP) is 12.3. The standard InChI is InChI=1S/C54H76N2O9/c1-42-50(52(59)53(55)60)51-44(32-29-35-47(51)63-41-49(58)65-54(2,3)4)56(42)37-26-17-13-9-5-6-10-14-18-27-38-61-45-33-24-25-34-46(45)62-39-28-19-15-11-7-8-12-16-23-36-48(57)64-40-43-30-21-20-22-31-43/h20-22,24-25,29-35H,5-19,23,26-28,36-41H2,1-4H3,(H2,55,60). The summed E-state index contributed by atoms with van der Waals surface area (Å²) in [5, 5.41) is 0.490. The zero-order valence-corrected chi connectivity index (χ0v) is 39.8. The van der Waals surface area contributed by atoms with Crippen LogP contribution in [0.15, 0.2) is 72.8 Å². The van der Waals surface area contributed by atoms with Gasteiger partial charge < -0.3 is 34.0 Å². The summed E-state index contributed by atoms with van der Waals surface area (Å²) in [5.41, 5.74) is 7.47. The molecule has 2 N–H and O–H groups in total. The van der Waals surface area contributed by atoms with Gasteiger partial charge in [0, 0.05) is 18.7 Å². The number of ketones is 1. The first-order valence-electron chi connectivity index (χ1n) is 24.3. The summed E-state index contributed by atoms with van der Waals surface area (Å²) in [4.78, 5) is 49.3. The van der Waals surface area contributed by atoms with Crippen LogP contribution in [0.4, 0.5) is 0 Å². The average molecular weight is 897 g/mol. The third-order valence-electron chi connectivity index (χ3n) is 11.4. The molecule has 0 aliphatic heterocycles. The molecule has 0 atom stereocenters. The van der Waals surface area contributed by atoms with Gasteiger partial charge in [0.05, 0.1) is 29.7 Å². The minimum Gasteiger partial charge on any atom is -0.490 e. The molecule has 65 heavy (non-hydrogen) atoms. The van der Waals surface area contributed by atoms with Crippen LogP contribution in [0.5, 0.6) is 17.2 Å². The molecule has 11 nitrogen and oxygen atoms in total. The number of aryl methyl sites for hydroxylation is 1. The van der Waals surface area contributed by atoms with Crippen molar-refractivity contribution in [2.24, 2.45) is 5.73 Å². The molecule has 3 aromatic carbocycles. The van der Waals surface area contributed by atoms with E-state index in [4.69, 9.17) is 29.4 Å². The smallest absolute Gasteiger partial charge is 0.344 e. The summed E-state index contributed by atoms with van der Waals surface area (Å²) < 4.78 is 30.9.